The Morgan fingerprint density at radius 3 is 2.00 bits per heavy atom. The van der Waals surface area contributed by atoms with E-state index in [0.717, 1.165) is 4.90 Å². The van der Waals surface area contributed by atoms with Crippen LogP contribution in [0.4, 0.5) is 13.2 Å². The van der Waals surface area contributed by atoms with Crippen LogP contribution in [0.3, 0.4) is 0 Å². The molecule has 1 rings (SSSR count). The third kappa shape index (κ3) is 4.84. The normalized spacial score (nSPS) is 14.6. The van der Waals surface area contributed by atoms with Crippen molar-refractivity contribution in [2.75, 3.05) is 5.75 Å². The van der Waals surface area contributed by atoms with Gasteiger partial charge in [0.1, 0.15) is 4.83 Å². The molecule has 0 nitrogen and oxygen atoms in total. The summed E-state index contributed by atoms with van der Waals surface area (Å²) in [6, 6.07) is 7.70. The molecule has 0 fully saturated rings. The Labute approximate surface area is 118 Å². The van der Waals surface area contributed by atoms with E-state index >= 15 is 0 Å². The SMILES string of the molecule is CC(C)(C)c1ccc(SCC(Br)C(F)(F)F)cc1. The van der Waals surface area contributed by atoms with Gasteiger partial charge in [-0.15, -0.1) is 11.8 Å². The third-order valence-corrected chi connectivity index (χ3v) is 4.85. The summed E-state index contributed by atoms with van der Waals surface area (Å²) in [4.78, 5) is -0.603. The van der Waals surface area contributed by atoms with E-state index in [1.807, 2.05) is 24.3 Å². The van der Waals surface area contributed by atoms with Crippen LogP contribution in [0.5, 0.6) is 0 Å². The van der Waals surface area contributed by atoms with Crippen LogP contribution >= 0.6 is 27.7 Å². The molecule has 102 valence electrons. The van der Waals surface area contributed by atoms with Crippen molar-refractivity contribution in [1.29, 1.82) is 0 Å². The van der Waals surface area contributed by atoms with Crippen LogP contribution in [0.2, 0.25) is 0 Å². The molecule has 0 aliphatic heterocycles. The molecule has 5 heteroatoms. The highest BCUT2D eigenvalue weighted by atomic mass is 79.9. The molecule has 0 aliphatic rings. The number of rotatable bonds is 3. The van der Waals surface area contributed by atoms with Crippen molar-refractivity contribution in [2.45, 2.75) is 42.1 Å². The first kappa shape index (κ1) is 15.9. The highest BCUT2D eigenvalue weighted by Gasteiger charge is 2.37. The van der Waals surface area contributed by atoms with E-state index in [2.05, 4.69) is 36.7 Å². The minimum Gasteiger partial charge on any atom is -0.170 e. The van der Waals surface area contributed by atoms with Crippen LogP contribution in [0, 0.1) is 0 Å². The second-order valence-corrected chi connectivity index (χ2v) is 7.29. The number of hydrogen-bond donors (Lipinski definition) is 0. The molecule has 0 N–H and O–H groups in total. The first-order valence-corrected chi connectivity index (χ1v) is 7.45. The summed E-state index contributed by atoms with van der Waals surface area (Å²) in [5.74, 6) is -0.0155. The Morgan fingerprint density at radius 1 is 1.11 bits per heavy atom. The predicted octanol–water partition coefficient (Wildman–Crippen LogP) is 5.40. The number of hydrogen-bond acceptors (Lipinski definition) is 1. The molecule has 1 aromatic rings. The highest BCUT2D eigenvalue weighted by Crippen LogP contribution is 2.32. The van der Waals surface area contributed by atoms with Crippen molar-refractivity contribution >= 4 is 27.7 Å². The maximum atomic E-state index is 12.3. The smallest absolute Gasteiger partial charge is 0.170 e. The Kier molecular flexibility index (Phi) is 5.18. The van der Waals surface area contributed by atoms with Crippen LogP contribution < -0.4 is 0 Å². The molecule has 0 spiro atoms. The molecular weight excluding hydrogens is 325 g/mol. The summed E-state index contributed by atoms with van der Waals surface area (Å²) in [6.45, 7) is 6.31. The van der Waals surface area contributed by atoms with Crippen LogP contribution in [0.15, 0.2) is 29.2 Å². The Morgan fingerprint density at radius 2 is 1.61 bits per heavy atom. The van der Waals surface area contributed by atoms with Crippen LogP contribution in [-0.2, 0) is 5.41 Å². The van der Waals surface area contributed by atoms with Gasteiger partial charge < -0.3 is 0 Å². The molecule has 0 saturated heterocycles. The lowest BCUT2D eigenvalue weighted by Gasteiger charge is -2.19. The van der Waals surface area contributed by atoms with Gasteiger partial charge in [-0.05, 0) is 23.1 Å². The van der Waals surface area contributed by atoms with Gasteiger partial charge in [0.2, 0.25) is 0 Å². The van der Waals surface area contributed by atoms with Crippen molar-refractivity contribution in [3.8, 4) is 0 Å². The highest BCUT2D eigenvalue weighted by molar-refractivity contribution is 9.09. The fourth-order valence-corrected chi connectivity index (χ4v) is 2.57. The number of alkyl halides is 4. The quantitative estimate of drug-likeness (QED) is 0.524. The van der Waals surface area contributed by atoms with Gasteiger partial charge in [0, 0.05) is 10.6 Å². The standard InChI is InChI=1S/C13H16BrF3S/c1-12(2,3)9-4-6-10(7-5-9)18-8-11(14)13(15,16)17/h4-7,11H,8H2,1-3H3. The van der Waals surface area contributed by atoms with Crippen LogP contribution in [-0.4, -0.2) is 16.8 Å². The first-order chi connectivity index (χ1) is 8.10. The van der Waals surface area contributed by atoms with E-state index in [1.165, 1.54) is 17.3 Å². The molecule has 0 saturated carbocycles. The van der Waals surface area contributed by atoms with Crippen molar-refractivity contribution in [3.63, 3.8) is 0 Å². The molecule has 1 aromatic carbocycles. The molecule has 0 bridgehead atoms. The molecule has 0 radical (unpaired) electrons. The molecular formula is C13H16BrF3S. The largest absolute Gasteiger partial charge is 0.402 e. The zero-order valence-electron chi connectivity index (χ0n) is 10.5. The van der Waals surface area contributed by atoms with Gasteiger partial charge >= 0.3 is 6.18 Å². The van der Waals surface area contributed by atoms with Gasteiger partial charge in [0.05, 0.1) is 0 Å². The minimum absolute atomic E-state index is 0.0155. The Balaban J connectivity index is 2.60. The maximum absolute atomic E-state index is 12.3. The summed E-state index contributed by atoms with van der Waals surface area (Å²) in [5, 5.41) is 0. The van der Waals surface area contributed by atoms with Crippen molar-refractivity contribution in [2.24, 2.45) is 0 Å². The molecule has 1 unspecified atom stereocenters. The van der Waals surface area contributed by atoms with E-state index in [4.69, 9.17) is 0 Å². The topological polar surface area (TPSA) is 0 Å². The number of benzene rings is 1. The molecule has 0 amide bonds. The van der Waals surface area contributed by atoms with Crippen LogP contribution in [0.25, 0.3) is 0 Å². The van der Waals surface area contributed by atoms with E-state index < -0.39 is 11.0 Å². The van der Waals surface area contributed by atoms with E-state index in [1.54, 1.807) is 0 Å². The Hall–Kier alpha value is -0.160. The lowest BCUT2D eigenvalue weighted by atomic mass is 9.87. The van der Waals surface area contributed by atoms with E-state index in [9.17, 15) is 13.2 Å². The lowest BCUT2D eigenvalue weighted by molar-refractivity contribution is -0.122. The summed E-state index contributed by atoms with van der Waals surface area (Å²) >= 11 is 3.86. The van der Waals surface area contributed by atoms with Gasteiger partial charge in [0.15, 0.2) is 0 Å². The number of thioether (sulfide) groups is 1. The van der Waals surface area contributed by atoms with E-state index in [-0.39, 0.29) is 11.2 Å². The van der Waals surface area contributed by atoms with Gasteiger partial charge in [-0.3, -0.25) is 0 Å². The fourth-order valence-electron chi connectivity index (χ4n) is 1.32. The average Bonchev–Trinajstić information content (AvgIpc) is 2.24. The number of halogens is 4. The fraction of sp³-hybridized carbons (Fsp3) is 0.538. The molecule has 0 heterocycles. The van der Waals surface area contributed by atoms with Gasteiger partial charge in [-0.2, -0.15) is 13.2 Å². The van der Waals surface area contributed by atoms with Crippen molar-refractivity contribution in [3.05, 3.63) is 29.8 Å². The molecule has 0 aliphatic carbocycles. The maximum Gasteiger partial charge on any atom is 0.402 e. The molecule has 18 heavy (non-hydrogen) atoms. The second-order valence-electron chi connectivity index (χ2n) is 5.09. The lowest BCUT2D eigenvalue weighted by Crippen LogP contribution is -2.24. The minimum atomic E-state index is -4.18. The van der Waals surface area contributed by atoms with Crippen molar-refractivity contribution in [1.82, 2.24) is 0 Å². The third-order valence-electron chi connectivity index (χ3n) is 2.47. The monoisotopic (exact) mass is 340 g/mol. The summed E-state index contributed by atoms with van der Waals surface area (Å²) in [5.41, 5.74) is 1.24. The summed E-state index contributed by atoms with van der Waals surface area (Å²) in [6.07, 6.45) is -4.18. The van der Waals surface area contributed by atoms with Gasteiger partial charge in [-0.25, -0.2) is 0 Å². The zero-order valence-corrected chi connectivity index (χ0v) is 12.9. The molecule has 0 aromatic heterocycles. The predicted molar refractivity (Wildman–Crippen MR) is 74.6 cm³/mol. The Bertz CT molecular complexity index is 379. The average molecular weight is 341 g/mol. The zero-order chi connectivity index (χ0) is 14.0. The summed E-state index contributed by atoms with van der Waals surface area (Å²) < 4.78 is 36.9. The van der Waals surface area contributed by atoms with Gasteiger partial charge in [-0.1, -0.05) is 48.8 Å². The molecule has 1 atom stereocenters. The van der Waals surface area contributed by atoms with E-state index in [0.29, 0.717) is 0 Å². The van der Waals surface area contributed by atoms with Crippen LogP contribution in [0.1, 0.15) is 26.3 Å². The van der Waals surface area contributed by atoms with Crippen molar-refractivity contribution < 1.29 is 13.2 Å². The first-order valence-electron chi connectivity index (χ1n) is 5.55. The second kappa shape index (κ2) is 5.87. The van der Waals surface area contributed by atoms with Gasteiger partial charge in [0.25, 0.3) is 0 Å². The summed E-state index contributed by atoms with van der Waals surface area (Å²) in [7, 11) is 0.